The van der Waals surface area contributed by atoms with Crippen molar-refractivity contribution in [3.63, 3.8) is 0 Å². The molecule has 2 aromatic heterocycles. The Hall–Kier alpha value is -3.07. The molecule has 3 rings (SSSR count). The van der Waals surface area contributed by atoms with Gasteiger partial charge in [-0.2, -0.15) is 0 Å². The van der Waals surface area contributed by atoms with E-state index < -0.39 is 5.97 Å². The van der Waals surface area contributed by atoms with Gasteiger partial charge < -0.3 is 10.1 Å². The highest BCUT2D eigenvalue weighted by Gasteiger charge is 2.15. The molecule has 0 saturated carbocycles. The summed E-state index contributed by atoms with van der Waals surface area (Å²) in [6, 6.07) is 8.45. The summed E-state index contributed by atoms with van der Waals surface area (Å²) in [7, 11) is 1.27. The monoisotopic (exact) mass is 358 g/mol. The molecule has 0 bridgehead atoms. The Morgan fingerprint density at radius 3 is 2.88 bits per heavy atom. The molecule has 1 amide bonds. The fourth-order valence-corrected chi connectivity index (χ4v) is 3.03. The normalized spacial score (nSPS) is 10.6. The van der Waals surface area contributed by atoms with Crippen molar-refractivity contribution in [2.24, 2.45) is 0 Å². The SMILES string of the molecule is COC(=O)c1ccsc1NC(=O)CCn1nnc2ccccc2c1=O. The molecule has 0 aliphatic carbocycles. The zero-order valence-corrected chi connectivity index (χ0v) is 14.1. The van der Waals surface area contributed by atoms with E-state index >= 15 is 0 Å². The molecule has 0 radical (unpaired) electrons. The van der Waals surface area contributed by atoms with Crippen LogP contribution in [0.4, 0.5) is 5.00 Å². The molecular weight excluding hydrogens is 344 g/mol. The number of anilines is 1. The van der Waals surface area contributed by atoms with E-state index in [9.17, 15) is 14.4 Å². The first-order valence-corrected chi connectivity index (χ1v) is 8.26. The first-order valence-electron chi connectivity index (χ1n) is 7.38. The molecule has 3 aromatic rings. The third-order valence-corrected chi connectivity index (χ3v) is 4.33. The first-order chi connectivity index (χ1) is 12.1. The lowest BCUT2D eigenvalue weighted by Crippen LogP contribution is -2.26. The third kappa shape index (κ3) is 3.56. The van der Waals surface area contributed by atoms with Crippen LogP contribution in [-0.4, -0.2) is 34.0 Å². The number of fused-ring (bicyclic) bond motifs is 1. The fraction of sp³-hybridized carbons (Fsp3) is 0.188. The minimum absolute atomic E-state index is 0.0193. The Morgan fingerprint density at radius 2 is 2.08 bits per heavy atom. The Morgan fingerprint density at radius 1 is 1.28 bits per heavy atom. The number of aromatic nitrogens is 3. The number of nitrogens with zero attached hydrogens (tertiary/aromatic N) is 3. The minimum Gasteiger partial charge on any atom is -0.465 e. The van der Waals surface area contributed by atoms with Gasteiger partial charge in [-0.15, -0.1) is 16.4 Å². The van der Waals surface area contributed by atoms with Crippen LogP contribution in [0.15, 0.2) is 40.5 Å². The fourth-order valence-electron chi connectivity index (χ4n) is 2.24. The third-order valence-electron chi connectivity index (χ3n) is 3.50. The second kappa shape index (κ2) is 7.22. The van der Waals surface area contributed by atoms with Gasteiger partial charge in [-0.05, 0) is 23.6 Å². The van der Waals surface area contributed by atoms with E-state index in [1.54, 1.807) is 35.7 Å². The van der Waals surface area contributed by atoms with Crippen LogP contribution in [0.3, 0.4) is 0 Å². The van der Waals surface area contributed by atoms with E-state index in [1.165, 1.54) is 18.4 Å². The Kier molecular flexibility index (Phi) is 4.85. The Bertz CT molecular complexity index is 995. The number of aryl methyl sites for hydroxylation is 1. The summed E-state index contributed by atoms with van der Waals surface area (Å²) in [6.07, 6.45) is 0.0193. The van der Waals surface area contributed by atoms with Gasteiger partial charge in [-0.3, -0.25) is 9.59 Å². The van der Waals surface area contributed by atoms with Crippen molar-refractivity contribution < 1.29 is 14.3 Å². The second-order valence-corrected chi connectivity index (χ2v) is 6.00. The smallest absolute Gasteiger partial charge is 0.340 e. The molecule has 1 aromatic carbocycles. The highest BCUT2D eigenvalue weighted by Crippen LogP contribution is 2.24. The molecule has 1 N–H and O–H groups in total. The van der Waals surface area contributed by atoms with Gasteiger partial charge in [0.1, 0.15) is 10.5 Å². The van der Waals surface area contributed by atoms with Gasteiger partial charge >= 0.3 is 5.97 Å². The van der Waals surface area contributed by atoms with E-state index in [-0.39, 0.29) is 24.4 Å². The molecule has 0 atom stereocenters. The number of benzene rings is 1. The summed E-state index contributed by atoms with van der Waals surface area (Å²) in [4.78, 5) is 36.0. The molecule has 0 aliphatic heterocycles. The summed E-state index contributed by atoms with van der Waals surface area (Å²) in [6.45, 7) is 0.0848. The number of esters is 1. The van der Waals surface area contributed by atoms with E-state index in [1.807, 2.05) is 0 Å². The Balaban J connectivity index is 1.69. The molecule has 0 aliphatic rings. The number of ether oxygens (including phenoxy) is 1. The number of carbonyl (C=O) groups excluding carboxylic acids is 2. The lowest BCUT2D eigenvalue weighted by molar-refractivity contribution is -0.116. The number of thiophene rings is 1. The van der Waals surface area contributed by atoms with Crippen LogP contribution >= 0.6 is 11.3 Å². The zero-order valence-electron chi connectivity index (χ0n) is 13.3. The largest absolute Gasteiger partial charge is 0.465 e. The molecule has 128 valence electrons. The summed E-state index contributed by atoms with van der Waals surface area (Å²) < 4.78 is 5.81. The predicted octanol–water partition coefficient (Wildman–Crippen LogP) is 1.67. The molecule has 25 heavy (non-hydrogen) atoms. The van der Waals surface area contributed by atoms with Crippen molar-refractivity contribution >= 4 is 39.1 Å². The summed E-state index contributed by atoms with van der Waals surface area (Å²) in [5, 5.41) is 13.0. The van der Waals surface area contributed by atoms with Crippen LogP contribution in [0.2, 0.25) is 0 Å². The van der Waals surface area contributed by atoms with Gasteiger partial charge in [0, 0.05) is 6.42 Å². The molecule has 0 unspecified atom stereocenters. The van der Waals surface area contributed by atoms with Crippen molar-refractivity contribution in [2.45, 2.75) is 13.0 Å². The molecular formula is C16H14N4O4S. The average molecular weight is 358 g/mol. The van der Waals surface area contributed by atoms with Gasteiger partial charge in [-0.1, -0.05) is 17.3 Å². The van der Waals surface area contributed by atoms with Crippen molar-refractivity contribution in [1.29, 1.82) is 0 Å². The molecule has 9 heteroatoms. The minimum atomic E-state index is -0.520. The quantitative estimate of drug-likeness (QED) is 0.696. The first kappa shape index (κ1) is 16.8. The van der Waals surface area contributed by atoms with Gasteiger partial charge in [0.05, 0.1) is 24.6 Å². The standard InChI is InChI=1S/C16H14N4O4S/c1-24-16(23)11-7-9-25-14(11)17-13(21)6-8-20-15(22)10-4-2-3-5-12(10)18-19-20/h2-5,7,9H,6,8H2,1H3,(H,17,21). The van der Waals surface area contributed by atoms with E-state index in [0.29, 0.717) is 21.5 Å². The molecule has 0 spiro atoms. The summed E-state index contributed by atoms with van der Waals surface area (Å²) in [5.74, 6) is -0.859. The summed E-state index contributed by atoms with van der Waals surface area (Å²) >= 11 is 1.22. The van der Waals surface area contributed by atoms with Crippen molar-refractivity contribution in [2.75, 3.05) is 12.4 Å². The number of rotatable bonds is 5. The van der Waals surface area contributed by atoms with Crippen molar-refractivity contribution in [3.8, 4) is 0 Å². The van der Waals surface area contributed by atoms with Crippen molar-refractivity contribution in [3.05, 3.63) is 51.6 Å². The number of hydrogen-bond acceptors (Lipinski definition) is 7. The van der Waals surface area contributed by atoms with Gasteiger partial charge in [0.25, 0.3) is 5.56 Å². The number of carbonyl (C=O) groups is 2. The van der Waals surface area contributed by atoms with E-state index in [0.717, 1.165) is 4.68 Å². The highest BCUT2D eigenvalue weighted by atomic mass is 32.1. The maximum Gasteiger partial charge on any atom is 0.340 e. The highest BCUT2D eigenvalue weighted by molar-refractivity contribution is 7.14. The number of methoxy groups -OCH3 is 1. The lowest BCUT2D eigenvalue weighted by atomic mass is 10.2. The van der Waals surface area contributed by atoms with E-state index in [2.05, 4.69) is 20.4 Å². The topological polar surface area (TPSA) is 103 Å². The van der Waals surface area contributed by atoms with Crippen LogP contribution in [-0.2, 0) is 16.1 Å². The predicted molar refractivity (Wildman–Crippen MR) is 92.7 cm³/mol. The average Bonchev–Trinajstić information content (AvgIpc) is 3.08. The number of hydrogen-bond donors (Lipinski definition) is 1. The molecule has 2 heterocycles. The van der Waals surface area contributed by atoms with Crippen LogP contribution in [0.5, 0.6) is 0 Å². The van der Waals surface area contributed by atoms with Crippen LogP contribution in [0.25, 0.3) is 10.9 Å². The van der Waals surface area contributed by atoms with Crippen LogP contribution in [0, 0.1) is 0 Å². The molecule has 0 fully saturated rings. The van der Waals surface area contributed by atoms with Crippen LogP contribution < -0.4 is 10.9 Å². The maximum atomic E-state index is 12.3. The maximum absolute atomic E-state index is 12.3. The Labute approximate surface area is 146 Å². The molecule has 8 nitrogen and oxygen atoms in total. The van der Waals surface area contributed by atoms with Crippen LogP contribution in [0.1, 0.15) is 16.8 Å². The lowest BCUT2D eigenvalue weighted by Gasteiger charge is -2.06. The van der Waals surface area contributed by atoms with E-state index in [4.69, 9.17) is 0 Å². The van der Waals surface area contributed by atoms with Gasteiger partial charge in [0.15, 0.2) is 0 Å². The van der Waals surface area contributed by atoms with Crippen molar-refractivity contribution in [1.82, 2.24) is 15.0 Å². The van der Waals surface area contributed by atoms with Gasteiger partial charge in [0.2, 0.25) is 5.91 Å². The summed E-state index contributed by atoms with van der Waals surface area (Å²) in [5.41, 5.74) is 0.503. The molecule has 0 saturated heterocycles. The zero-order chi connectivity index (χ0) is 17.8. The number of amides is 1. The van der Waals surface area contributed by atoms with Gasteiger partial charge in [-0.25, -0.2) is 9.48 Å². The number of nitrogens with one attached hydrogen (secondary N) is 1. The second-order valence-electron chi connectivity index (χ2n) is 5.09.